The first-order chi connectivity index (χ1) is 4.54. The molecule has 0 rings (SSSR count). The van der Waals surface area contributed by atoms with Gasteiger partial charge >= 0.3 is 8.60 Å². The number of thiocarbonyl (C=S) groups is 1. The maximum atomic E-state index is 7.76. The highest BCUT2D eigenvalue weighted by Gasteiger charge is 1.86. The van der Waals surface area contributed by atoms with E-state index in [1.807, 2.05) is 0 Å². The van der Waals surface area contributed by atoms with Crippen molar-refractivity contribution in [2.75, 3.05) is 14.2 Å². The summed E-state index contributed by atoms with van der Waals surface area (Å²) in [5.74, 6) is 0. The second-order valence-electron chi connectivity index (χ2n) is 1.05. The van der Waals surface area contributed by atoms with E-state index in [1.165, 1.54) is 7.11 Å². The largest absolute Gasteiger partial charge is 0.376 e. The lowest BCUT2D eigenvalue weighted by Gasteiger charge is -1.89. The molecule has 0 saturated carbocycles. The van der Waals surface area contributed by atoms with Crippen molar-refractivity contribution in [2.24, 2.45) is 5.73 Å². The van der Waals surface area contributed by atoms with Crippen molar-refractivity contribution >= 4 is 25.9 Å². The summed E-state index contributed by atoms with van der Waals surface area (Å²) < 4.78 is 3.93. The van der Waals surface area contributed by atoms with E-state index in [9.17, 15) is 0 Å². The van der Waals surface area contributed by atoms with Crippen LogP contribution in [0.1, 0.15) is 0 Å². The van der Waals surface area contributed by atoms with Crippen LogP contribution in [0.4, 0.5) is 0 Å². The van der Waals surface area contributed by atoms with Gasteiger partial charge in [0.25, 0.3) is 0 Å². The molecule has 10 heavy (non-hydrogen) atoms. The first-order valence-corrected chi connectivity index (χ1v) is 3.81. The van der Waals surface area contributed by atoms with Gasteiger partial charge in [-0.15, -0.1) is 0 Å². The second kappa shape index (κ2) is 9.00. The molecular weight excluding hydrogens is 175 g/mol. The minimum Gasteiger partial charge on any atom is -0.376 e. The molecule has 62 valence electrons. The standard InChI is InChI=1S/C2H6N2S.CH5O3P/c1-4-2(3)5;1-4-5(2)3/h1H3,(H3,3,4,5);2-3H,1H3. The molecule has 0 bridgehead atoms. The SMILES string of the molecule is CNC(N)=S.COP(O)O. The minimum atomic E-state index is -2.10. The van der Waals surface area contributed by atoms with Crippen LogP contribution in [0.3, 0.4) is 0 Å². The van der Waals surface area contributed by atoms with E-state index in [0.29, 0.717) is 5.11 Å². The molecule has 0 aromatic heterocycles. The molecule has 0 amide bonds. The van der Waals surface area contributed by atoms with Crippen molar-refractivity contribution in [1.82, 2.24) is 5.32 Å². The third-order valence-electron chi connectivity index (χ3n) is 0.410. The van der Waals surface area contributed by atoms with E-state index in [4.69, 9.17) is 15.5 Å². The molecule has 7 heteroatoms. The number of rotatable bonds is 1. The normalized spacial score (nSPS) is 8.10. The molecule has 5 N–H and O–H groups in total. The Hall–Kier alpha value is -0.0000000000000000416. The molecule has 0 atom stereocenters. The molecule has 0 aromatic rings. The highest BCUT2D eigenvalue weighted by molar-refractivity contribution is 7.80. The van der Waals surface area contributed by atoms with Crippen LogP contribution in [0.5, 0.6) is 0 Å². The van der Waals surface area contributed by atoms with Crippen molar-refractivity contribution < 1.29 is 14.3 Å². The summed E-state index contributed by atoms with van der Waals surface area (Å²) in [6.07, 6.45) is 0. The van der Waals surface area contributed by atoms with Gasteiger partial charge in [-0.2, -0.15) is 0 Å². The highest BCUT2D eigenvalue weighted by Crippen LogP contribution is 2.20. The lowest BCUT2D eigenvalue weighted by molar-refractivity contribution is 0.310. The van der Waals surface area contributed by atoms with Gasteiger partial charge in [0.1, 0.15) is 0 Å². The molecule has 0 unspecified atom stereocenters. The zero-order valence-electron chi connectivity index (χ0n) is 5.74. The zero-order valence-corrected chi connectivity index (χ0v) is 7.45. The number of hydrogen-bond acceptors (Lipinski definition) is 4. The van der Waals surface area contributed by atoms with Crippen molar-refractivity contribution in [1.29, 1.82) is 0 Å². The first-order valence-electron chi connectivity index (χ1n) is 2.23. The van der Waals surface area contributed by atoms with E-state index in [2.05, 4.69) is 22.1 Å². The van der Waals surface area contributed by atoms with E-state index in [0.717, 1.165) is 0 Å². The molecule has 0 aromatic carbocycles. The van der Waals surface area contributed by atoms with Gasteiger partial charge in [0.05, 0.1) is 0 Å². The fourth-order valence-corrected chi connectivity index (χ4v) is 0. The number of hydrogen-bond donors (Lipinski definition) is 4. The third kappa shape index (κ3) is 24.5. The number of nitrogens with two attached hydrogens (primary N) is 1. The predicted molar refractivity (Wildman–Crippen MR) is 44.2 cm³/mol. The smallest absolute Gasteiger partial charge is 0.326 e. The molecular formula is C3H11N2O3PS. The average molecular weight is 186 g/mol. The Morgan fingerprint density at radius 1 is 1.70 bits per heavy atom. The molecule has 0 fully saturated rings. The molecule has 0 radical (unpaired) electrons. The monoisotopic (exact) mass is 186 g/mol. The molecule has 0 aliphatic carbocycles. The quantitative estimate of drug-likeness (QED) is 0.320. The fourth-order valence-electron chi connectivity index (χ4n) is 0. The summed E-state index contributed by atoms with van der Waals surface area (Å²) in [6.45, 7) is 0. The van der Waals surface area contributed by atoms with Crippen LogP contribution < -0.4 is 11.1 Å². The summed E-state index contributed by atoms with van der Waals surface area (Å²) in [5, 5.41) is 2.88. The molecule has 0 aliphatic rings. The molecule has 0 aliphatic heterocycles. The first kappa shape index (κ1) is 12.7. The van der Waals surface area contributed by atoms with Gasteiger partial charge in [-0.25, -0.2) is 0 Å². The molecule has 0 spiro atoms. The van der Waals surface area contributed by atoms with Gasteiger partial charge in [0, 0.05) is 14.2 Å². The van der Waals surface area contributed by atoms with E-state index < -0.39 is 8.60 Å². The van der Waals surface area contributed by atoms with Gasteiger partial charge in [0.15, 0.2) is 5.11 Å². The van der Waals surface area contributed by atoms with Crippen LogP contribution in [0.25, 0.3) is 0 Å². The van der Waals surface area contributed by atoms with Gasteiger partial charge in [-0.1, -0.05) is 0 Å². The Balaban J connectivity index is 0. The zero-order chi connectivity index (χ0) is 8.57. The Morgan fingerprint density at radius 3 is 1.90 bits per heavy atom. The Kier molecular flexibility index (Phi) is 11.4. The lowest BCUT2D eigenvalue weighted by Crippen LogP contribution is -2.24. The van der Waals surface area contributed by atoms with Gasteiger partial charge in [0.2, 0.25) is 0 Å². The number of nitrogens with one attached hydrogen (secondary N) is 1. The predicted octanol–water partition coefficient (Wildman–Crippen LogP) is -0.706. The second-order valence-corrected chi connectivity index (χ2v) is 2.36. The Bertz CT molecular complexity index is 91.8. The minimum absolute atomic E-state index is 0.338. The van der Waals surface area contributed by atoms with Gasteiger partial charge in [-0.05, 0) is 12.2 Å². The van der Waals surface area contributed by atoms with Crippen LogP contribution >= 0.6 is 20.8 Å². The summed E-state index contributed by atoms with van der Waals surface area (Å²) in [7, 11) is 0.812. The molecule has 0 heterocycles. The van der Waals surface area contributed by atoms with Crippen LogP contribution in [-0.4, -0.2) is 29.1 Å². The topological polar surface area (TPSA) is 87.7 Å². The van der Waals surface area contributed by atoms with E-state index in [1.54, 1.807) is 7.05 Å². The Labute approximate surface area is 66.2 Å². The van der Waals surface area contributed by atoms with Gasteiger partial charge in [-0.3, -0.25) is 0 Å². The van der Waals surface area contributed by atoms with E-state index >= 15 is 0 Å². The van der Waals surface area contributed by atoms with Crippen molar-refractivity contribution in [2.45, 2.75) is 0 Å². The van der Waals surface area contributed by atoms with Crippen LogP contribution in [0, 0.1) is 0 Å². The van der Waals surface area contributed by atoms with Crippen molar-refractivity contribution in [3.8, 4) is 0 Å². The third-order valence-corrected chi connectivity index (χ3v) is 0.940. The van der Waals surface area contributed by atoms with Crippen LogP contribution in [0.15, 0.2) is 0 Å². The Morgan fingerprint density at radius 2 is 1.90 bits per heavy atom. The average Bonchev–Trinajstić information content (AvgIpc) is 1.89. The van der Waals surface area contributed by atoms with E-state index in [-0.39, 0.29) is 0 Å². The molecule has 0 saturated heterocycles. The summed E-state index contributed by atoms with van der Waals surface area (Å²) in [4.78, 5) is 15.5. The fraction of sp³-hybridized carbons (Fsp3) is 0.667. The van der Waals surface area contributed by atoms with Gasteiger partial charge < -0.3 is 25.4 Å². The van der Waals surface area contributed by atoms with Crippen LogP contribution in [0.2, 0.25) is 0 Å². The summed E-state index contributed by atoms with van der Waals surface area (Å²) >= 11 is 4.36. The lowest BCUT2D eigenvalue weighted by atomic mass is 11.1. The van der Waals surface area contributed by atoms with Crippen molar-refractivity contribution in [3.05, 3.63) is 0 Å². The van der Waals surface area contributed by atoms with Crippen molar-refractivity contribution in [3.63, 3.8) is 0 Å². The maximum absolute atomic E-state index is 7.76. The van der Waals surface area contributed by atoms with Crippen LogP contribution in [-0.2, 0) is 4.52 Å². The highest BCUT2D eigenvalue weighted by atomic mass is 32.1. The summed E-state index contributed by atoms with van der Waals surface area (Å²) in [6, 6.07) is 0. The summed E-state index contributed by atoms with van der Waals surface area (Å²) in [5.41, 5.74) is 4.91. The maximum Gasteiger partial charge on any atom is 0.326 e. The molecule has 5 nitrogen and oxygen atoms in total.